The summed E-state index contributed by atoms with van der Waals surface area (Å²) >= 11 is 0. The van der Waals surface area contributed by atoms with Gasteiger partial charge in [-0.3, -0.25) is 4.57 Å². The van der Waals surface area contributed by atoms with Crippen molar-refractivity contribution in [3.8, 4) is 0 Å². The fraction of sp³-hybridized carbons (Fsp3) is 0.333. The zero-order valence-corrected chi connectivity index (χ0v) is 15.1. The van der Waals surface area contributed by atoms with Crippen LogP contribution in [-0.4, -0.2) is 25.6 Å². The lowest BCUT2D eigenvalue weighted by molar-refractivity contribution is -0.110. The van der Waals surface area contributed by atoms with Crippen LogP contribution in [0.25, 0.3) is 0 Å². The Bertz CT molecular complexity index is 739. The van der Waals surface area contributed by atoms with Crippen molar-refractivity contribution in [3.63, 3.8) is 0 Å². The van der Waals surface area contributed by atoms with E-state index in [1.54, 1.807) is 12.1 Å². The fourth-order valence-corrected chi connectivity index (χ4v) is 3.77. The molecule has 27 heavy (non-hydrogen) atoms. The molecule has 0 N–H and O–H groups in total. The molecule has 0 bridgehead atoms. The molecule has 0 aliphatic rings. The molecular weight excluding hydrogens is 390 g/mol. The lowest BCUT2D eigenvalue weighted by Gasteiger charge is -2.20. The van der Waals surface area contributed by atoms with Crippen LogP contribution in [0.15, 0.2) is 48.5 Å². The smallest absolute Gasteiger partial charge is 0.308 e. The van der Waals surface area contributed by atoms with Crippen LogP contribution in [0.1, 0.15) is 11.1 Å². The van der Waals surface area contributed by atoms with Crippen LogP contribution in [0.2, 0.25) is 0 Å². The third kappa shape index (κ3) is 7.40. The van der Waals surface area contributed by atoms with Gasteiger partial charge in [0.2, 0.25) is 0 Å². The highest BCUT2D eigenvalue weighted by Crippen LogP contribution is 2.52. The third-order valence-corrected chi connectivity index (χ3v) is 5.51. The van der Waals surface area contributed by atoms with E-state index in [2.05, 4.69) is 0 Å². The van der Waals surface area contributed by atoms with Crippen molar-refractivity contribution in [3.05, 3.63) is 71.3 Å². The van der Waals surface area contributed by atoms with Crippen molar-refractivity contribution in [2.45, 2.75) is 19.0 Å². The molecule has 2 aromatic rings. The van der Waals surface area contributed by atoms with Gasteiger partial charge in [0.15, 0.2) is 0 Å². The second-order valence-electron chi connectivity index (χ2n) is 5.73. The molecular formula is C18H18F5O3P. The fourth-order valence-electron chi connectivity index (χ4n) is 2.34. The minimum atomic E-state index is -4.77. The number of alkyl halides is 3. The van der Waals surface area contributed by atoms with Gasteiger partial charge in [0, 0.05) is 0 Å². The van der Waals surface area contributed by atoms with Crippen molar-refractivity contribution in [2.75, 3.05) is 19.4 Å². The molecule has 0 aromatic heterocycles. The number of benzene rings is 2. The van der Waals surface area contributed by atoms with E-state index in [-0.39, 0.29) is 24.0 Å². The van der Waals surface area contributed by atoms with E-state index in [4.69, 9.17) is 9.05 Å². The van der Waals surface area contributed by atoms with Gasteiger partial charge in [-0.15, -0.1) is 0 Å². The van der Waals surface area contributed by atoms with E-state index in [1.165, 1.54) is 36.4 Å². The number of halogens is 5. The Balaban J connectivity index is 1.96. The maximum absolute atomic E-state index is 13.5. The first-order valence-electron chi connectivity index (χ1n) is 8.10. The van der Waals surface area contributed by atoms with Gasteiger partial charge in [-0.1, -0.05) is 36.4 Å². The topological polar surface area (TPSA) is 35.5 Å². The molecule has 0 saturated heterocycles. The van der Waals surface area contributed by atoms with Gasteiger partial charge in [0.1, 0.15) is 17.8 Å². The van der Waals surface area contributed by atoms with Gasteiger partial charge >= 0.3 is 13.8 Å². The van der Waals surface area contributed by atoms with Gasteiger partial charge in [0.25, 0.3) is 0 Å². The van der Waals surface area contributed by atoms with E-state index < -0.39 is 44.8 Å². The third-order valence-electron chi connectivity index (χ3n) is 3.61. The largest absolute Gasteiger partial charge is 0.400 e. The Morgan fingerprint density at radius 2 is 1.19 bits per heavy atom. The Labute approximate surface area is 153 Å². The van der Waals surface area contributed by atoms with Crippen LogP contribution in [0.3, 0.4) is 0 Å². The number of hydrogen-bond acceptors (Lipinski definition) is 3. The van der Waals surface area contributed by atoms with Crippen LogP contribution in [0.5, 0.6) is 0 Å². The molecule has 2 aromatic carbocycles. The highest BCUT2D eigenvalue weighted by atomic mass is 31.2. The summed E-state index contributed by atoms with van der Waals surface area (Å²) in [5, 5.41) is 0. The molecule has 0 unspecified atom stereocenters. The molecule has 0 atom stereocenters. The minimum absolute atomic E-state index is 0.0643. The van der Waals surface area contributed by atoms with Crippen LogP contribution in [0, 0.1) is 11.6 Å². The molecule has 0 heterocycles. The predicted molar refractivity (Wildman–Crippen MR) is 90.6 cm³/mol. The van der Waals surface area contributed by atoms with Gasteiger partial charge in [-0.25, -0.2) is 8.78 Å². The van der Waals surface area contributed by atoms with Gasteiger partial charge in [-0.05, 0) is 36.1 Å². The summed E-state index contributed by atoms with van der Waals surface area (Å²) in [5.74, 6) is -1.07. The molecule has 0 fully saturated rings. The van der Waals surface area contributed by atoms with Crippen molar-refractivity contribution in [2.24, 2.45) is 0 Å². The zero-order chi connectivity index (χ0) is 19.9. The highest BCUT2D eigenvalue weighted by Gasteiger charge is 2.41. The number of hydrogen-bond donors (Lipinski definition) is 0. The van der Waals surface area contributed by atoms with Crippen molar-refractivity contribution < 1.29 is 35.6 Å². The van der Waals surface area contributed by atoms with Crippen molar-refractivity contribution >= 4 is 7.60 Å². The summed E-state index contributed by atoms with van der Waals surface area (Å²) < 4.78 is 87.5. The Morgan fingerprint density at radius 1 is 0.778 bits per heavy atom. The Hall–Kier alpha value is -1.76. The average Bonchev–Trinajstić information content (AvgIpc) is 2.57. The second kappa shape index (κ2) is 9.44. The van der Waals surface area contributed by atoms with E-state index in [9.17, 15) is 26.5 Å². The van der Waals surface area contributed by atoms with E-state index >= 15 is 0 Å². The Kier molecular flexibility index (Phi) is 7.53. The summed E-state index contributed by atoms with van der Waals surface area (Å²) in [6.07, 6.45) is -6.67. The molecule has 0 spiro atoms. The van der Waals surface area contributed by atoms with Gasteiger partial charge in [0.05, 0.1) is 13.2 Å². The molecule has 9 heteroatoms. The summed E-state index contributed by atoms with van der Waals surface area (Å²) in [7, 11) is -4.51. The average molecular weight is 408 g/mol. The first-order valence-corrected chi connectivity index (χ1v) is 9.83. The molecule has 0 saturated carbocycles. The normalized spacial score (nSPS) is 12.3. The second-order valence-corrected chi connectivity index (χ2v) is 7.79. The minimum Gasteiger partial charge on any atom is -0.308 e. The van der Waals surface area contributed by atoms with Crippen molar-refractivity contribution in [1.29, 1.82) is 0 Å². The van der Waals surface area contributed by atoms with E-state index in [0.717, 1.165) is 0 Å². The van der Waals surface area contributed by atoms with Crippen LogP contribution < -0.4 is 0 Å². The van der Waals surface area contributed by atoms with Gasteiger partial charge < -0.3 is 9.05 Å². The predicted octanol–water partition coefficient (Wildman–Crippen LogP) is 5.54. The highest BCUT2D eigenvalue weighted by molar-refractivity contribution is 7.53. The molecule has 0 aliphatic heterocycles. The summed E-state index contributed by atoms with van der Waals surface area (Å²) in [6, 6.07) is 11.4. The molecule has 3 nitrogen and oxygen atoms in total. The Morgan fingerprint density at radius 3 is 1.56 bits per heavy atom. The van der Waals surface area contributed by atoms with Gasteiger partial charge in [-0.2, -0.15) is 13.2 Å². The van der Waals surface area contributed by atoms with E-state index in [1.807, 2.05) is 0 Å². The standard InChI is InChI=1S/C18H18F5O3P/c19-16-7-3-1-5-14(16)9-11-25-27(24,13-18(21,22)23)26-12-10-15-6-2-4-8-17(15)20/h1-8H,9-13H2. The lowest BCUT2D eigenvalue weighted by Crippen LogP contribution is -2.18. The maximum atomic E-state index is 13.5. The number of rotatable bonds is 9. The van der Waals surface area contributed by atoms with Crippen molar-refractivity contribution in [1.82, 2.24) is 0 Å². The quantitative estimate of drug-likeness (QED) is 0.404. The monoisotopic (exact) mass is 408 g/mol. The first kappa shape index (κ1) is 21.5. The van der Waals surface area contributed by atoms with E-state index in [0.29, 0.717) is 0 Å². The maximum Gasteiger partial charge on any atom is 0.400 e. The summed E-state index contributed by atoms with van der Waals surface area (Å²) in [5.41, 5.74) is 0.449. The first-order chi connectivity index (χ1) is 12.7. The lowest BCUT2D eigenvalue weighted by atomic mass is 10.1. The SMILES string of the molecule is O=P(CC(F)(F)F)(OCCc1ccccc1F)OCCc1ccccc1F. The summed E-state index contributed by atoms with van der Waals surface area (Å²) in [4.78, 5) is 0. The molecule has 148 valence electrons. The zero-order valence-electron chi connectivity index (χ0n) is 14.2. The van der Waals surface area contributed by atoms with Crippen LogP contribution in [0.4, 0.5) is 22.0 Å². The molecule has 2 rings (SSSR count). The molecule has 0 aliphatic carbocycles. The molecule has 0 amide bonds. The van der Waals surface area contributed by atoms with Crippen LogP contribution in [-0.2, 0) is 26.5 Å². The molecule has 0 radical (unpaired) electrons. The van der Waals surface area contributed by atoms with Crippen LogP contribution >= 0.6 is 7.60 Å². The summed E-state index contributed by atoms with van der Waals surface area (Å²) in [6.45, 7) is -0.817.